The van der Waals surface area contributed by atoms with Gasteiger partial charge in [0.2, 0.25) is 0 Å². The summed E-state index contributed by atoms with van der Waals surface area (Å²) in [6.45, 7) is 6.31. The Labute approximate surface area is 103 Å². The molecule has 3 heteroatoms. The zero-order chi connectivity index (χ0) is 10.7. The van der Waals surface area contributed by atoms with Gasteiger partial charge in [0.15, 0.2) is 0 Å². The first kappa shape index (κ1) is 12.1. The van der Waals surface area contributed by atoms with Gasteiger partial charge in [-0.3, -0.25) is 0 Å². The molecule has 0 bridgehead atoms. The van der Waals surface area contributed by atoms with Crippen molar-refractivity contribution in [3.8, 4) is 0 Å². The predicted molar refractivity (Wildman–Crippen MR) is 56.6 cm³/mol. The Morgan fingerprint density at radius 1 is 0.867 bits per heavy atom. The van der Waals surface area contributed by atoms with E-state index >= 15 is 0 Å². The van der Waals surface area contributed by atoms with Gasteiger partial charge in [-0.2, -0.15) is 0 Å². The fourth-order valence-electron chi connectivity index (χ4n) is 2.25. The zero-order valence-corrected chi connectivity index (χ0v) is 11.9. The van der Waals surface area contributed by atoms with Gasteiger partial charge in [0.05, 0.1) is 0 Å². The maximum absolute atomic E-state index is 5.56. The average Bonchev–Trinajstić information content (AvgIpc) is 2.25. The molecule has 0 N–H and O–H groups in total. The van der Waals surface area contributed by atoms with E-state index in [2.05, 4.69) is 6.92 Å². The summed E-state index contributed by atoms with van der Waals surface area (Å²) in [5, 5.41) is 0. The molecule has 0 aromatic heterocycles. The predicted octanol–water partition coefficient (Wildman–Crippen LogP) is -0.584. The summed E-state index contributed by atoms with van der Waals surface area (Å²) in [6, 6.07) is 0. The standard InChI is InChI=1S/C12H22IO2/c1-9-3-5-11(6-4-9)13-12-7-14-10(2)15-8-12/h9-12H,3-8H2,1-2H3/q-1. The second kappa shape index (κ2) is 5.82. The van der Waals surface area contributed by atoms with Gasteiger partial charge >= 0.3 is 103 Å². The van der Waals surface area contributed by atoms with Crippen LogP contribution in [0.3, 0.4) is 0 Å². The van der Waals surface area contributed by atoms with Gasteiger partial charge < -0.3 is 0 Å². The molecule has 15 heavy (non-hydrogen) atoms. The monoisotopic (exact) mass is 325 g/mol. The molecule has 1 aliphatic heterocycles. The second-order valence-electron chi connectivity index (χ2n) is 4.81. The van der Waals surface area contributed by atoms with Gasteiger partial charge in [-0.15, -0.1) is 0 Å². The van der Waals surface area contributed by atoms with Crippen LogP contribution in [-0.2, 0) is 9.47 Å². The number of hydrogen-bond donors (Lipinski definition) is 0. The van der Waals surface area contributed by atoms with Crippen LogP contribution in [0.2, 0.25) is 0 Å². The fraction of sp³-hybridized carbons (Fsp3) is 1.00. The first-order valence-electron chi connectivity index (χ1n) is 6.09. The van der Waals surface area contributed by atoms with E-state index in [1.54, 1.807) is 0 Å². The third-order valence-corrected chi connectivity index (χ3v) is 7.32. The van der Waals surface area contributed by atoms with Gasteiger partial charge in [-0.05, 0) is 0 Å². The van der Waals surface area contributed by atoms with Crippen molar-refractivity contribution in [2.24, 2.45) is 5.92 Å². The van der Waals surface area contributed by atoms with Crippen LogP contribution < -0.4 is 21.2 Å². The molecular formula is C12H22IO2-. The van der Waals surface area contributed by atoms with Crippen LogP contribution in [0, 0.1) is 5.92 Å². The molecule has 2 aliphatic rings. The van der Waals surface area contributed by atoms with Crippen LogP contribution in [0.25, 0.3) is 0 Å². The normalized spacial score (nSPS) is 43.1. The number of ether oxygens (including phenoxy) is 2. The Balaban J connectivity index is 1.68. The fourth-order valence-corrected chi connectivity index (χ4v) is 5.95. The van der Waals surface area contributed by atoms with E-state index in [-0.39, 0.29) is 6.29 Å². The summed E-state index contributed by atoms with van der Waals surface area (Å²) < 4.78 is 12.9. The molecule has 1 saturated carbocycles. The molecule has 0 aromatic carbocycles. The topological polar surface area (TPSA) is 18.5 Å². The molecule has 1 aliphatic carbocycles. The molecule has 1 saturated heterocycles. The number of rotatable bonds is 2. The van der Waals surface area contributed by atoms with Crippen molar-refractivity contribution >= 4 is 0 Å². The van der Waals surface area contributed by atoms with Crippen molar-refractivity contribution in [1.29, 1.82) is 0 Å². The van der Waals surface area contributed by atoms with E-state index in [0.717, 1.165) is 27.0 Å². The van der Waals surface area contributed by atoms with Crippen molar-refractivity contribution in [2.75, 3.05) is 13.2 Å². The minimum atomic E-state index is 0.0386. The maximum atomic E-state index is 5.56. The van der Waals surface area contributed by atoms with Crippen molar-refractivity contribution in [1.82, 2.24) is 0 Å². The molecule has 0 atom stereocenters. The van der Waals surface area contributed by atoms with Crippen LogP contribution in [0.4, 0.5) is 0 Å². The van der Waals surface area contributed by atoms with Gasteiger partial charge in [-0.25, -0.2) is 0 Å². The third kappa shape index (κ3) is 3.86. The van der Waals surface area contributed by atoms with Crippen molar-refractivity contribution in [3.05, 3.63) is 0 Å². The van der Waals surface area contributed by atoms with Gasteiger partial charge in [0, 0.05) is 0 Å². The Kier molecular flexibility index (Phi) is 4.70. The molecule has 0 spiro atoms. The van der Waals surface area contributed by atoms with E-state index in [1.807, 2.05) is 6.92 Å². The molecule has 1 heterocycles. The molecular weight excluding hydrogens is 303 g/mol. The first-order chi connectivity index (χ1) is 7.24. The van der Waals surface area contributed by atoms with Crippen molar-refractivity contribution < 1.29 is 30.7 Å². The van der Waals surface area contributed by atoms with E-state index < -0.39 is 0 Å². The summed E-state index contributed by atoms with van der Waals surface area (Å²) in [5.74, 6) is 0.976. The van der Waals surface area contributed by atoms with Crippen LogP contribution >= 0.6 is 0 Å². The van der Waals surface area contributed by atoms with Crippen molar-refractivity contribution in [3.63, 3.8) is 0 Å². The molecule has 0 amide bonds. The van der Waals surface area contributed by atoms with E-state index in [4.69, 9.17) is 9.47 Å². The number of halogens is 1. The SMILES string of the molecule is CC1CCC([I-]C2COC(C)OC2)CC1. The van der Waals surface area contributed by atoms with Crippen LogP contribution in [-0.4, -0.2) is 27.4 Å². The number of alkyl halides is 2. The molecule has 2 fully saturated rings. The Bertz CT molecular complexity index is 162. The second-order valence-corrected chi connectivity index (χ2v) is 9.06. The number of hydrogen-bond acceptors (Lipinski definition) is 2. The van der Waals surface area contributed by atoms with Gasteiger partial charge in [-0.1, -0.05) is 0 Å². The van der Waals surface area contributed by atoms with E-state index in [1.165, 1.54) is 25.7 Å². The van der Waals surface area contributed by atoms with Gasteiger partial charge in [0.1, 0.15) is 0 Å². The molecule has 2 nitrogen and oxygen atoms in total. The Morgan fingerprint density at radius 3 is 2.07 bits per heavy atom. The molecule has 0 unspecified atom stereocenters. The van der Waals surface area contributed by atoms with E-state index in [0.29, 0.717) is 21.2 Å². The summed E-state index contributed by atoms with van der Waals surface area (Å²) in [6.07, 6.45) is 5.89. The molecule has 90 valence electrons. The van der Waals surface area contributed by atoms with Crippen LogP contribution in [0.1, 0.15) is 39.5 Å². The summed E-state index contributed by atoms with van der Waals surface area (Å²) in [7, 11) is 0. The van der Waals surface area contributed by atoms with Crippen LogP contribution in [0.5, 0.6) is 0 Å². The Morgan fingerprint density at radius 2 is 1.47 bits per heavy atom. The average molecular weight is 325 g/mol. The minimum absolute atomic E-state index is 0.0386. The van der Waals surface area contributed by atoms with Gasteiger partial charge in [0.25, 0.3) is 0 Å². The summed E-state index contributed by atoms with van der Waals surface area (Å²) in [5.41, 5.74) is 0. The Hall–Kier alpha value is 0.650. The van der Waals surface area contributed by atoms with E-state index in [9.17, 15) is 0 Å². The first-order valence-corrected chi connectivity index (χ1v) is 8.58. The summed E-state index contributed by atoms with van der Waals surface area (Å²) >= 11 is 0.294. The van der Waals surface area contributed by atoms with Crippen LogP contribution in [0.15, 0.2) is 0 Å². The molecule has 0 aromatic rings. The molecule has 0 radical (unpaired) electrons. The zero-order valence-electron chi connectivity index (χ0n) is 9.75. The molecule has 2 rings (SSSR count). The quantitative estimate of drug-likeness (QED) is 0.499. The third-order valence-electron chi connectivity index (χ3n) is 3.33. The summed E-state index contributed by atoms with van der Waals surface area (Å²) in [4.78, 5) is 0. The van der Waals surface area contributed by atoms with Crippen molar-refractivity contribution in [2.45, 2.75) is 53.7 Å².